The van der Waals surface area contributed by atoms with Crippen molar-refractivity contribution in [1.29, 1.82) is 0 Å². The summed E-state index contributed by atoms with van der Waals surface area (Å²) in [5.74, 6) is 1.39. The molecule has 1 aliphatic rings. The Morgan fingerprint density at radius 3 is 2.69 bits per heavy atom. The highest BCUT2D eigenvalue weighted by Gasteiger charge is 2.19. The van der Waals surface area contributed by atoms with Crippen molar-refractivity contribution in [1.82, 2.24) is 5.32 Å². The Morgan fingerprint density at radius 1 is 1.15 bits per heavy atom. The van der Waals surface area contributed by atoms with E-state index in [9.17, 15) is 4.79 Å². The Kier molecular flexibility index (Phi) is 5.91. The van der Waals surface area contributed by atoms with Gasteiger partial charge in [0.1, 0.15) is 6.04 Å². The molecule has 3 N–H and O–H groups in total. The molecule has 0 unspecified atom stereocenters. The molecule has 2 aromatic carbocycles. The lowest BCUT2D eigenvalue weighted by Crippen LogP contribution is -2.87. The third-order valence-electron chi connectivity index (χ3n) is 4.38. The van der Waals surface area contributed by atoms with Gasteiger partial charge in [-0.3, -0.25) is 4.79 Å². The number of quaternary nitrogens is 1. The van der Waals surface area contributed by atoms with E-state index < -0.39 is 0 Å². The van der Waals surface area contributed by atoms with Gasteiger partial charge in [-0.2, -0.15) is 0 Å². The number of halogens is 2. The number of rotatable bonds is 6. The Morgan fingerprint density at radius 2 is 1.92 bits per heavy atom. The van der Waals surface area contributed by atoms with Crippen LogP contribution in [0.25, 0.3) is 0 Å². The first-order valence-electron chi connectivity index (χ1n) is 8.41. The molecule has 7 heteroatoms. The maximum Gasteiger partial charge on any atom is 0.275 e. The van der Waals surface area contributed by atoms with Crippen LogP contribution in [-0.2, 0) is 4.79 Å². The largest absolute Gasteiger partial charge is 0.454 e. The van der Waals surface area contributed by atoms with Crippen LogP contribution in [0, 0.1) is 0 Å². The van der Waals surface area contributed by atoms with Gasteiger partial charge >= 0.3 is 0 Å². The van der Waals surface area contributed by atoms with Crippen LogP contribution in [0.4, 0.5) is 0 Å². The number of nitrogens with one attached hydrogen (secondary N) is 1. The van der Waals surface area contributed by atoms with E-state index in [0.29, 0.717) is 22.3 Å². The number of fused-ring (bicyclic) bond motifs is 1. The van der Waals surface area contributed by atoms with E-state index in [2.05, 4.69) is 5.32 Å². The number of nitrogens with two attached hydrogens (primary N) is 1. The first kappa shape index (κ1) is 18.8. The van der Waals surface area contributed by atoms with Gasteiger partial charge in [0.2, 0.25) is 6.79 Å². The zero-order valence-electron chi connectivity index (χ0n) is 14.6. The van der Waals surface area contributed by atoms with E-state index in [1.165, 1.54) is 0 Å². The van der Waals surface area contributed by atoms with Crippen molar-refractivity contribution in [2.45, 2.75) is 25.9 Å². The van der Waals surface area contributed by atoms with Gasteiger partial charge in [0, 0.05) is 10.6 Å². The van der Waals surface area contributed by atoms with Gasteiger partial charge in [0.05, 0.1) is 11.1 Å². The van der Waals surface area contributed by atoms with E-state index in [4.69, 9.17) is 32.7 Å². The van der Waals surface area contributed by atoms with Crippen molar-refractivity contribution in [2.75, 3.05) is 13.3 Å². The second kappa shape index (κ2) is 8.16. The Hall–Kier alpha value is -1.95. The SMILES string of the molecule is C[C@H]([NH2+]CC(=O)N[C@H](C)c1ccc2c(c1)OCO2)c1ccc(Cl)cc1Cl. The van der Waals surface area contributed by atoms with E-state index >= 15 is 0 Å². The summed E-state index contributed by atoms with van der Waals surface area (Å²) < 4.78 is 10.7. The maximum atomic E-state index is 12.3. The van der Waals surface area contributed by atoms with Crippen molar-refractivity contribution >= 4 is 29.1 Å². The van der Waals surface area contributed by atoms with Crippen molar-refractivity contribution in [3.05, 3.63) is 57.6 Å². The van der Waals surface area contributed by atoms with E-state index in [1.54, 1.807) is 12.1 Å². The highest BCUT2D eigenvalue weighted by atomic mass is 35.5. The molecular formula is C19H21Cl2N2O3+. The summed E-state index contributed by atoms with van der Waals surface area (Å²) in [5, 5.41) is 6.14. The molecule has 0 aliphatic carbocycles. The first-order valence-corrected chi connectivity index (χ1v) is 9.17. The number of benzene rings is 2. The summed E-state index contributed by atoms with van der Waals surface area (Å²) in [6, 6.07) is 11.0. The summed E-state index contributed by atoms with van der Waals surface area (Å²) in [7, 11) is 0. The zero-order valence-corrected chi connectivity index (χ0v) is 16.1. The highest BCUT2D eigenvalue weighted by molar-refractivity contribution is 6.35. The predicted molar refractivity (Wildman–Crippen MR) is 101 cm³/mol. The fourth-order valence-corrected chi connectivity index (χ4v) is 3.43. The van der Waals surface area contributed by atoms with Crippen LogP contribution >= 0.6 is 23.2 Å². The molecule has 0 spiro atoms. The number of carbonyl (C=O) groups is 1. The third-order valence-corrected chi connectivity index (χ3v) is 4.95. The van der Waals surface area contributed by atoms with Crippen LogP contribution in [0.15, 0.2) is 36.4 Å². The lowest BCUT2D eigenvalue weighted by molar-refractivity contribution is -0.682. The molecule has 0 saturated carbocycles. The van der Waals surface area contributed by atoms with E-state index in [0.717, 1.165) is 16.9 Å². The van der Waals surface area contributed by atoms with Gasteiger partial charge < -0.3 is 20.1 Å². The molecule has 138 valence electrons. The minimum absolute atomic E-state index is 0.0476. The van der Waals surface area contributed by atoms with Gasteiger partial charge in [-0.1, -0.05) is 35.3 Å². The smallest absolute Gasteiger partial charge is 0.275 e. The summed E-state index contributed by atoms with van der Waals surface area (Å²) in [6.07, 6.45) is 0. The second-order valence-corrected chi connectivity index (χ2v) is 7.14. The van der Waals surface area contributed by atoms with Gasteiger partial charge in [-0.05, 0) is 43.7 Å². The van der Waals surface area contributed by atoms with Crippen LogP contribution in [0.1, 0.15) is 37.1 Å². The molecular weight excluding hydrogens is 375 g/mol. The molecule has 2 aromatic rings. The number of hydrogen-bond acceptors (Lipinski definition) is 3. The zero-order chi connectivity index (χ0) is 18.7. The molecule has 3 rings (SSSR count). The fourth-order valence-electron chi connectivity index (χ4n) is 2.85. The van der Waals surface area contributed by atoms with Crippen molar-refractivity contribution in [3.63, 3.8) is 0 Å². The molecule has 1 aliphatic heterocycles. The van der Waals surface area contributed by atoms with Crippen LogP contribution in [-0.4, -0.2) is 19.2 Å². The predicted octanol–water partition coefficient (Wildman–Crippen LogP) is 3.22. The molecule has 1 amide bonds. The van der Waals surface area contributed by atoms with Crippen LogP contribution in [0.2, 0.25) is 10.0 Å². The molecule has 0 aromatic heterocycles. The average Bonchev–Trinajstić information content (AvgIpc) is 3.07. The number of carbonyl (C=O) groups excluding carboxylic acids is 1. The van der Waals surface area contributed by atoms with Crippen molar-refractivity contribution in [2.24, 2.45) is 0 Å². The van der Waals surface area contributed by atoms with Gasteiger partial charge in [0.15, 0.2) is 18.0 Å². The Bertz CT molecular complexity index is 813. The molecule has 0 radical (unpaired) electrons. The third kappa shape index (κ3) is 4.41. The summed E-state index contributed by atoms with van der Waals surface area (Å²) in [4.78, 5) is 12.3. The maximum absolute atomic E-state index is 12.3. The normalized spacial score (nSPS) is 14.8. The van der Waals surface area contributed by atoms with Crippen LogP contribution < -0.4 is 20.1 Å². The molecule has 0 fully saturated rings. The molecule has 0 bridgehead atoms. The molecule has 0 saturated heterocycles. The topological polar surface area (TPSA) is 64.2 Å². The summed E-state index contributed by atoms with van der Waals surface area (Å²) in [5.41, 5.74) is 1.92. The second-order valence-electron chi connectivity index (χ2n) is 6.30. The van der Waals surface area contributed by atoms with Crippen LogP contribution in [0.5, 0.6) is 11.5 Å². The molecule has 1 heterocycles. The number of amides is 1. The van der Waals surface area contributed by atoms with Crippen molar-refractivity contribution in [3.8, 4) is 11.5 Å². The van der Waals surface area contributed by atoms with Gasteiger partial charge in [-0.15, -0.1) is 0 Å². The average molecular weight is 396 g/mol. The first-order chi connectivity index (χ1) is 12.4. The minimum Gasteiger partial charge on any atom is -0.454 e. The number of ether oxygens (including phenoxy) is 2. The van der Waals surface area contributed by atoms with Crippen LogP contribution in [0.3, 0.4) is 0 Å². The van der Waals surface area contributed by atoms with Gasteiger partial charge in [0.25, 0.3) is 5.91 Å². The quantitative estimate of drug-likeness (QED) is 0.788. The Labute approximate surface area is 162 Å². The number of hydrogen-bond donors (Lipinski definition) is 2. The fraction of sp³-hybridized carbons (Fsp3) is 0.316. The highest BCUT2D eigenvalue weighted by Crippen LogP contribution is 2.34. The monoisotopic (exact) mass is 395 g/mol. The summed E-state index contributed by atoms with van der Waals surface area (Å²) in [6.45, 7) is 4.48. The van der Waals surface area contributed by atoms with Crippen molar-refractivity contribution < 1.29 is 19.6 Å². The lowest BCUT2D eigenvalue weighted by atomic mass is 10.1. The lowest BCUT2D eigenvalue weighted by Gasteiger charge is -2.16. The molecule has 26 heavy (non-hydrogen) atoms. The minimum atomic E-state index is -0.125. The van der Waals surface area contributed by atoms with Gasteiger partial charge in [-0.25, -0.2) is 0 Å². The summed E-state index contributed by atoms with van der Waals surface area (Å²) >= 11 is 12.1. The molecule has 5 nitrogen and oxygen atoms in total. The molecule has 2 atom stereocenters. The van der Waals surface area contributed by atoms with E-state index in [-0.39, 0.29) is 24.8 Å². The Balaban J connectivity index is 1.53. The van der Waals surface area contributed by atoms with E-state index in [1.807, 2.05) is 43.4 Å². The standard InChI is InChI=1S/C19H20Cl2N2O3/c1-11(13-3-6-17-18(7-13)26-10-25-17)23-19(24)9-22-12(2)15-5-4-14(20)8-16(15)21/h3-8,11-12,22H,9-10H2,1-2H3,(H,23,24)/p+1/t11-,12+/m1/s1.